The van der Waals surface area contributed by atoms with Gasteiger partial charge in [0.05, 0.1) is 17.2 Å². The highest BCUT2D eigenvalue weighted by Crippen LogP contribution is 2.23. The molecule has 0 aliphatic heterocycles. The maximum atomic E-state index is 5.62. The summed E-state index contributed by atoms with van der Waals surface area (Å²) < 4.78 is 2.05. The van der Waals surface area contributed by atoms with Crippen LogP contribution in [0.15, 0.2) is 10.5 Å². The molecule has 0 amide bonds. The van der Waals surface area contributed by atoms with Crippen LogP contribution in [0.3, 0.4) is 0 Å². The Balaban J connectivity index is 2.03. The van der Waals surface area contributed by atoms with E-state index in [1.807, 2.05) is 0 Å². The molecule has 5 nitrogen and oxygen atoms in total. The Labute approximate surface area is 115 Å². The van der Waals surface area contributed by atoms with Crippen LogP contribution in [0, 0.1) is 0 Å². The largest absolute Gasteiger partial charge is 0.324 e. The number of rotatable bonds is 6. The van der Waals surface area contributed by atoms with Gasteiger partial charge < -0.3 is 10.3 Å². The van der Waals surface area contributed by atoms with Crippen LogP contribution in [-0.2, 0) is 25.3 Å². The van der Waals surface area contributed by atoms with Crippen molar-refractivity contribution in [3.8, 4) is 0 Å². The minimum Gasteiger partial charge on any atom is -0.324 e. The Kier molecular flexibility index (Phi) is 4.73. The predicted octanol–water partition coefficient (Wildman–Crippen LogP) is 2.07. The molecule has 0 aliphatic carbocycles. The first kappa shape index (κ1) is 13.5. The van der Waals surface area contributed by atoms with Crippen molar-refractivity contribution in [1.82, 2.24) is 19.7 Å². The highest BCUT2D eigenvalue weighted by atomic mass is 32.2. The molecule has 98 valence electrons. The lowest BCUT2D eigenvalue weighted by atomic mass is 10.5. The summed E-state index contributed by atoms with van der Waals surface area (Å²) in [5.41, 5.74) is 6.74. The molecule has 2 rings (SSSR count). The van der Waals surface area contributed by atoms with Gasteiger partial charge in [-0.05, 0) is 13.3 Å². The average molecular weight is 283 g/mol. The lowest BCUT2D eigenvalue weighted by Crippen LogP contribution is -2.08. The van der Waals surface area contributed by atoms with Crippen molar-refractivity contribution in [2.75, 3.05) is 0 Å². The van der Waals surface area contributed by atoms with E-state index >= 15 is 0 Å². The van der Waals surface area contributed by atoms with Crippen LogP contribution < -0.4 is 5.73 Å². The summed E-state index contributed by atoms with van der Waals surface area (Å²) in [7, 11) is 0. The molecule has 18 heavy (non-hydrogen) atoms. The van der Waals surface area contributed by atoms with Crippen molar-refractivity contribution >= 4 is 23.1 Å². The molecule has 0 radical (unpaired) electrons. The molecular formula is C11H17N5S2. The van der Waals surface area contributed by atoms with Crippen LogP contribution in [0.25, 0.3) is 0 Å². The van der Waals surface area contributed by atoms with Gasteiger partial charge in [-0.2, -0.15) is 0 Å². The zero-order chi connectivity index (χ0) is 13.0. The Morgan fingerprint density at radius 3 is 2.83 bits per heavy atom. The number of aryl methyl sites for hydroxylation is 1. The van der Waals surface area contributed by atoms with Gasteiger partial charge in [0.25, 0.3) is 0 Å². The molecule has 2 heterocycles. The van der Waals surface area contributed by atoms with Crippen LogP contribution in [-0.4, -0.2) is 19.7 Å². The van der Waals surface area contributed by atoms with Gasteiger partial charge in [0, 0.05) is 17.7 Å². The summed E-state index contributed by atoms with van der Waals surface area (Å²) in [6.45, 7) is 5.47. The Bertz CT molecular complexity index is 505. The number of thioether (sulfide) groups is 1. The molecule has 0 spiro atoms. The van der Waals surface area contributed by atoms with E-state index in [2.05, 4.69) is 39.0 Å². The van der Waals surface area contributed by atoms with E-state index in [1.54, 1.807) is 23.1 Å². The fraction of sp³-hybridized carbons (Fsp3) is 0.545. The van der Waals surface area contributed by atoms with E-state index in [0.717, 1.165) is 35.4 Å². The van der Waals surface area contributed by atoms with Crippen LogP contribution >= 0.6 is 23.1 Å². The lowest BCUT2D eigenvalue weighted by molar-refractivity contribution is 0.643. The summed E-state index contributed by atoms with van der Waals surface area (Å²) in [4.78, 5) is 4.54. The fourth-order valence-corrected chi connectivity index (χ4v) is 3.37. The standard InChI is InChI=1S/C11H17N5S2/c1-3-10-13-8(6-17-10)7-18-11-15-14-9(5-12)16(11)4-2/h6H,3-5,7,12H2,1-2H3. The maximum absolute atomic E-state index is 5.62. The number of nitrogens with two attached hydrogens (primary N) is 1. The van der Waals surface area contributed by atoms with Crippen LogP contribution in [0.2, 0.25) is 0 Å². The third kappa shape index (κ3) is 2.90. The van der Waals surface area contributed by atoms with E-state index in [-0.39, 0.29) is 0 Å². The molecule has 0 aliphatic rings. The fourth-order valence-electron chi connectivity index (χ4n) is 1.61. The summed E-state index contributed by atoms with van der Waals surface area (Å²) in [6, 6.07) is 0. The molecule has 0 fully saturated rings. The molecule has 2 aromatic rings. The van der Waals surface area contributed by atoms with Gasteiger partial charge in [-0.1, -0.05) is 18.7 Å². The number of nitrogens with zero attached hydrogens (tertiary/aromatic N) is 4. The summed E-state index contributed by atoms with van der Waals surface area (Å²) >= 11 is 3.38. The minimum atomic E-state index is 0.429. The minimum absolute atomic E-state index is 0.429. The SMILES string of the molecule is CCc1nc(CSc2nnc(CN)n2CC)cs1. The normalized spacial score (nSPS) is 11.1. The third-order valence-electron chi connectivity index (χ3n) is 2.54. The van der Waals surface area contributed by atoms with Crippen LogP contribution in [0.5, 0.6) is 0 Å². The second kappa shape index (κ2) is 6.31. The molecule has 0 saturated heterocycles. The van der Waals surface area contributed by atoms with Gasteiger partial charge in [-0.3, -0.25) is 0 Å². The highest BCUT2D eigenvalue weighted by molar-refractivity contribution is 7.98. The lowest BCUT2D eigenvalue weighted by Gasteiger charge is -2.04. The maximum Gasteiger partial charge on any atom is 0.191 e. The molecule has 0 aromatic carbocycles. The van der Waals surface area contributed by atoms with Crippen molar-refractivity contribution in [3.63, 3.8) is 0 Å². The predicted molar refractivity (Wildman–Crippen MR) is 74.6 cm³/mol. The topological polar surface area (TPSA) is 69.6 Å². The zero-order valence-electron chi connectivity index (χ0n) is 10.6. The zero-order valence-corrected chi connectivity index (χ0v) is 12.2. The quantitative estimate of drug-likeness (QED) is 0.822. The molecule has 7 heteroatoms. The molecule has 0 atom stereocenters. The van der Waals surface area contributed by atoms with E-state index in [0.29, 0.717) is 6.54 Å². The Morgan fingerprint density at radius 2 is 2.22 bits per heavy atom. The van der Waals surface area contributed by atoms with Crippen molar-refractivity contribution < 1.29 is 0 Å². The smallest absolute Gasteiger partial charge is 0.191 e. The van der Waals surface area contributed by atoms with Gasteiger partial charge in [0.1, 0.15) is 5.82 Å². The average Bonchev–Trinajstić information content (AvgIpc) is 3.01. The first-order valence-corrected chi connectivity index (χ1v) is 7.83. The summed E-state index contributed by atoms with van der Waals surface area (Å²) in [6.07, 6.45) is 0.998. The first-order valence-electron chi connectivity index (χ1n) is 5.96. The second-order valence-electron chi connectivity index (χ2n) is 3.72. The van der Waals surface area contributed by atoms with Crippen molar-refractivity contribution in [1.29, 1.82) is 0 Å². The van der Waals surface area contributed by atoms with E-state index in [9.17, 15) is 0 Å². The van der Waals surface area contributed by atoms with Crippen molar-refractivity contribution in [2.24, 2.45) is 5.73 Å². The first-order chi connectivity index (χ1) is 8.78. The summed E-state index contributed by atoms with van der Waals surface area (Å²) in [5, 5.41) is 12.5. The van der Waals surface area contributed by atoms with E-state index in [1.165, 1.54) is 5.01 Å². The van der Waals surface area contributed by atoms with Gasteiger partial charge >= 0.3 is 0 Å². The van der Waals surface area contributed by atoms with E-state index < -0.39 is 0 Å². The molecule has 0 saturated carbocycles. The molecule has 0 unspecified atom stereocenters. The van der Waals surface area contributed by atoms with E-state index in [4.69, 9.17) is 5.73 Å². The van der Waals surface area contributed by atoms with Gasteiger partial charge in [-0.15, -0.1) is 21.5 Å². The molecule has 0 bridgehead atoms. The Hall–Kier alpha value is -0.920. The number of thiazole rings is 1. The highest BCUT2D eigenvalue weighted by Gasteiger charge is 2.10. The third-order valence-corrected chi connectivity index (χ3v) is 4.59. The van der Waals surface area contributed by atoms with Crippen molar-refractivity contribution in [2.45, 2.75) is 44.3 Å². The number of hydrogen-bond acceptors (Lipinski definition) is 6. The monoisotopic (exact) mass is 283 g/mol. The number of aromatic nitrogens is 4. The molecular weight excluding hydrogens is 266 g/mol. The summed E-state index contributed by atoms with van der Waals surface area (Å²) in [5.74, 6) is 1.67. The van der Waals surface area contributed by atoms with Crippen molar-refractivity contribution in [3.05, 3.63) is 21.9 Å². The van der Waals surface area contributed by atoms with Crippen LogP contribution in [0.4, 0.5) is 0 Å². The second-order valence-corrected chi connectivity index (χ2v) is 5.61. The molecule has 2 aromatic heterocycles. The van der Waals surface area contributed by atoms with Gasteiger partial charge in [0.15, 0.2) is 5.16 Å². The van der Waals surface area contributed by atoms with Gasteiger partial charge in [-0.25, -0.2) is 4.98 Å². The van der Waals surface area contributed by atoms with Gasteiger partial charge in [0.2, 0.25) is 0 Å². The van der Waals surface area contributed by atoms with Crippen LogP contribution in [0.1, 0.15) is 30.4 Å². The number of hydrogen-bond donors (Lipinski definition) is 1. The molecule has 2 N–H and O–H groups in total. The Morgan fingerprint density at radius 1 is 1.39 bits per heavy atom.